The molecule has 0 radical (unpaired) electrons. The fourth-order valence-corrected chi connectivity index (χ4v) is 1.16. The van der Waals surface area contributed by atoms with Crippen LogP contribution >= 0.6 is 0 Å². The summed E-state index contributed by atoms with van der Waals surface area (Å²) in [7, 11) is 1.97. The Morgan fingerprint density at radius 3 is 2.08 bits per heavy atom. The fourth-order valence-electron chi connectivity index (χ4n) is 1.16. The highest BCUT2D eigenvalue weighted by Crippen LogP contribution is 2.15. The Kier molecular flexibility index (Phi) is 4.80. The molecule has 12 heavy (non-hydrogen) atoms. The third kappa shape index (κ3) is 5.56. The van der Waals surface area contributed by atoms with Gasteiger partial charge in [-0.15, -0.1) is 0 Å². The molecule has 0 bridgehead atoms. The molecule has 0 amide bonds. The molecule has 0 saturated heterocycles. The van der Waals surface area contributed by atoms with Crippen molar-refractivity contribution in [1.82, 2.24) is 5.32 Å². The maximum atomic E-state index is 5.81. The largest absolute Gasteiger partial charge is 0.373 e. The molecular formula is C10H23NO. The summed E-state index contributed by atoms with van der Waals surface area (Å²) >= 11 is 0. The number of rotatable bonds is 4. The van der Waals surface area contributed by atoms with E-state index in [9.17, 15) is 0 Å². The van der Waals surface area contributed by atoms with Crippen molar-refractivity contribution in [3.8, 4) is 0 Å². The normalized spacial score (nSPS) is 17.5. The van der Waals surface area contributed by atoms with Crippen LogP contribution in [0, 0.1) is 5.92 Å². The zero-order chi connectivity index (χ0) is 9.78. The van der Waals surface area contributed by atoms with Crippen molar-refractivity contribution in [2.45, 2.75) is 46.3 Å². The van der Waals surface area contributed by atoms with Crippen LogP contribution in [0.5, 0.6) is 0 Å². The molecule has 2 atom stereocenters. The maximum absolute atomic E-state index is 5.81. The lowest BCUT2D eigenvalue weighted by Crippen LogP contribution is -2.33. The molecule has 0 aromatic carbocycles. The summed E-state index contributed by atoms with van der Waals surface area (Å²) in [5.41, 5.74) is -0.0264. The highest BCUT2D eigenvalue weighted by Gasteiger charge is 2.19. The van der Waals surface area contributed by atoms with Crippen molar-refractivity contribution in [2.75, 3.05) is 13.6 Å². The van der Waals surface area contributed by atoms with Gasteiger partial charge in [-0.1, -0.05) is 6.92 Å². The lowest BCUT2D eigenvalue weighted by atomic mass is 10.1. The summed E-state index contributed by atoms with van der Waals surface area (Å²) in [5, 5.41) is 3.15. The van der Waals surface area contributed by atoms with Crippen LogP contribution < -0.4 is 5.32 Å². The first-order valence-corrected chi connectivity index (χ1v) is 4.69. The summed E-state index contributed by atoms with van der Waals surface area (Å²) in [6, 6.07) is 0. The third-order valence-corrected chi connectivity index (χ3v) is 1.87. The lowest BCUT2D eigenvalue weighted by molar-refractivity contribution is -0.0722. The third-order valence-electron chi connectivity index (χ3n) is 1.87. The Morgan fingerprint density at radius 2 is 1.75 bits per heavy atom. The fraction of sp³-hybridized carbons (Fsp3) is 1.00. The Hall–Kier alpha value is -0.0800. The molecule has 74 valence electrons. The molecule has 0 heterocycles. The SMILES string of the molecule is CNCC(C)C(C)OC(C)(C)C. The Bertz CT molecular complexity index is 117. The molecule has 0 aliphatic heterocycles. The van der Waals surface area contributed by atoms with Crippen molar-refractivity contribution in [2.24, 2.45) is 5.92 Å². The standard InChI is InChI=1S/C10H23NO/c1-8(7-11-6)9(2)12-10(3,4)5/h8-9,11H,7H2,1-6H3. The van der Waals surface area contributed by atoms with Crippen molar-refractivity contribution >= 4 is 0 Å². The summed E-state index contributed by atoms with van der Waals surface area (Å²) in [5.74, 6) is 0.564. The second kappa shape index (κ2) is 4.83. The minimum absolute atomic E-state index is 0.0264. The van der Waals surface area contributed by atoms with Crippen LogP contribution in [0.3, 0.4) is 0 Å². The van der Waals surface area contributed by atoms with E-state index in [-0.39, 0.29) is 5.60 Å². The molecule has 2 heteroatoms. The first-order chi connectivity index (χ1) is 5.37. The molecule has 0 saturated carbocycles. The van der Waals surface area contributed by atoms with Crippen LogP contribution in [0.15, 0.2) is 0 Å². The summed E-state index contributed by atoms with van der Waals surface area (Å²) in [6.07, 6.45) is 0.317. The van der Waals surface area contributed by atoms with E-state index in [0.29, 0.717) is 12.0 Å². The molecule has 2 nitrogen and oxygen atoms in total. The van der Waals surface area contributed by atoms with Gasteiger partial charge in [-0.05, 0) is 47.2 Å². The van der Waals surface area contributed by atoms with Gasteiger partial charge in [-0.3, -0.25) is 0 Å². The Balaban J connectivity index is 3.78. The number of ether oxygens (including phenoxy) is 1. The smallest absolute Gasteiger partial charge is 0.0602 e. The number of hydrogen-bond donors (Lipinski definition) is 1. The molecule has 0 aliphatic rings. The van der Waals surface area contributed by atoms with E-state index in [1.165, 1.54) is 0 Å². The van der Waals surface area contributed by atoms with Gasteiger partial charge in [0.15, 0.2) is 0 Å². The summed E-state index contributed by atoms with van der Waals surface area (Å²) in [6.45, 7) is 11.6. The van der Waals surface area contributed by atoms with Gasteiger partial charge in [0.05, 0.1) is 11.7 Å². The van der Waals surface area contributed by atoms with Crippen LogP contribution in [0.1, 0.15) is 34.6 Å². The Morgan fingerprint density at radius 1 is 1.25 bits per heavy atom. The number of nitrogens with one attached hydrogen (secondary N) is 1. The lowest BCUT2D eigenvalue weighted by Gasteiger charge is -2.28. The topological polar surface area (TPSA) is 21.3 Å². The maximum Gasteiger partial charge on any atom is 0.0602 e. The van der Waals surface area contributed by atoms with Gasteiger partial charge in [0.1, 0.15) is 0 Å². The van der Waals surface area contributed by atoms with Gasteiger partial charge in [-0.2, -0.15) is 0 Å². The van der Waals surface area contributed by atoms with Crippen molar-refractivity contribution in [3.05, 3.63) is 0 Å². The quantitative estimate of drug-likeness (QED) is 0.702. The molecular weight excluding hydrogens is 150 g/mol. The predicted molar refractivity (Wildman–Crippen MR) is 53.4 cm³/mol. The van der Waals surface area contributed by atoms with Gasteiger partial charge in [0.25, 0.3) is 0 Å². The molecule has 2 unspecified atom stereocenters. The molecule has 0 aromatic heterocycles. The summed E-state index contributed by atoms with van der Waals surface area (Å²) in [4.78, 5) is 0. The van der Waals surface area contributed by atoms with Crippen molar-refractivity contribution in [1.29, 1.82) is 0 Å². The molecule has 0 rings (SSSR count). The van der Waals surface area contributed by atoms with E-state index in [2.05, 4.69) is 39.9 Å². The first kappa shape index (κ1) is 11.9. The predicted octanol–water partition coefficient (Wildman–Crippen LogP) is 2.05. The van der Waals surface area contributed by atoms with Crippen LogP contribution in [0.25, 0.3) is 0 Å². The van der Waals surface area contributed by atoms with E-state index < -0.39 is 0 Å². The van der Waals surface area contributed by atoms with Crippen LogP contribution in [-0.2, 0) is 4.74 Å². The van der Waals surface area contributed by atoms with Gasteiger partial charge < -0.3 is 10.1 Å². The number of hydrogen-bond acceptors (Lipinski definition) is 2. The summed E-state index contributed by atoms with van der Waals surface area (Å²) < 4.78 is 5.81. The molecule has 0 spiro atoms. The zero-order valence-electron chi connectivity index (χ0n) is 9.27. The van der Waals surface area contributed by atoms with Gasteiger partial charge in [-0.25, -0.2) is 0 Å². The molecule has 0 fully saturated rings. The molecule has 1 N–H and O–H groups in total. The second-order valence-electron chi connectivity index (χ2n) is 4.47. The van der Waals surface area contributed by atoms with E-state index in [1.807, 2.05) is 7.05 Å². The van der Waals surface area contributed by atoms with Crippen LogP contribution in [-0.4, -0.2) is 25.3 Å². The van der Waals surface area contributed by atoms with E-state index in [0.717, 1.165) is 6.54 Å². The molecule has 0 aliphatic carbocycles. The van der Waals surface area contributed by atoms with Gasteiger partial charge in [0, 0.05) is 0 Å². The van der Waals surface area contributed by atoms with E-state index in [4.69, 9.17) is 4.74 Å². The minimum Gasteiger partial charge on any atom is -0.373 e. The van der Waals surface area contributed by atoms with Crippen molar-refractivity contribution in [3.63, 3.8) is 0 Å². The average Bonchev–Trinajstić information content (AvgIpc) is 1.84. The van der Waals surface area contributed by atoms with Gasteiger partial charge in [0.2, 0.25) is 0 Å². The highest BCUT2D eigenvalue weighted by molar-refractivity contribution is 4.68. The van der Waals surface area contributed by atoms with Crippen molar-refractivity contribution < 1.29 is 4.74 Å². The minimum atomic E-state index is -0.0264. The van der Waals surface area contributed by atoms with E-state index >= 15 is 0 Å². The highest BCUT2D eigenvalue weighted by atomic mass is 16.5. The van der Waals surface area contributed by atoms with Gasteiger partial charge >= 0.3 is 0 Å². The molecule has 0 aromatic rings. The second-order valence-corrected chi connectivity index (χ2v) is 4.47. The van der Waals surface area contributed by atoms with Crippen LogP contribution in [0.2, 0.25) is 0 Å². The zero-order valence-corrected chi connectivity index (χ0v) is 9.27. The first-order valence-electron chi connectivity index (χ1n) is 4.69. The van der Waals surface area contributed by atoms with E-state index in [1.54, 1.807) is 0 Å². The average molecular weight is 173 g/mol. The Labute approximate surface area is 76.7 Å². The van der Waals surface area contributed by atoms with Crippen LogP contribution in [0.4, 0.5) is 0 Å². The monoisotopic (exact) mass is 173 g/mol.